The van der Waals surface area contributed by atoms with Gasteiger partial charge in [-0.25, -0.2) is 4.39 Å². The average molecular weight is 360 g/mol. The number of carbonyl (C=O) groups excluding carboxylic acids is 2. The first-order valence-electron chi connectivity index (χ1n) is 7.58. The quantitative estimate of drug-likeness (QED) is 0.478. The number of nitro benzene ring substituents is 1. The molecule has 9 heteroatoms. The summed E-state index contributed by atoms with van der Waals surface area (Å²) in [6.45, 7) is -0.633. The van der Waals surface area contributed by atoms with Crippen molar-refractivity contribution in [2.45, 2.75) is 6.10 Å². The van der Waals surface area contributed by atoms with Crippen LogP contribution in [0.5, 0.6) is 5.75 Å². The summed E-state index contributed by atoms with van der Waals surface area (Å²) in [5.74, 6) is -1.68. The monoisotopic (exact) mass is 360 g/mol. The fourth-order valence-electron chi connectivity index (χ4n) is 2.62. The van der Waals surface area contributed by atoms with Crippen LogP contribution in [0, 0.1) is 15.9 Å². The molecule has 1 aliphatic rings. The van der Waals surface area contributed by atoms with Gasteiger partial charge in [-0.1, -0.05) is 6.07 Å². The van der Waals surface area contributed by atoms with Crippen molar-refractivity contribution in [2.75, 3.05) is 13.2 Å². The lowest BCUT2D eigenvalue weighted by molar-refractivity contribution is -0.385. The van der Waals surface area contributed by atoms with E-state index in [1.54, 1.807) is 0 Å². The molecule has 0 bridgehead atoms. The number of carbonyl (C=O) groups is 2. The van der Waals surface area contributed by atoms with E-state index in [0.717, 1.165) is 11.0 Å². The standard InChI is InChI=1S/C17H13FN2O6/c18-10-4-6-12(7-5-10)26-9-11(21)8-19-16(22)13-2-1-3-14(20(24)25)15(13)17(19)23/h1-7,11,21H,8-9H2/t11-/m1/s1. The number of hydrogen-bond donors (Lipinski definition) is 1. The molecule has 0 fully saturated rings. The first-order chi connectivity index (χ1) is 12.4. The van der Waals surface area contributed by atoms with Crippen LogP contribution in [0.1, 0.15) is 20.7 Å². The van der Waals surface area contributed by atoms with Crippen LogP contribution in [0.15, 0.2) is 42.5 Å². The number of ether oxygens (including phenoxy) is 1. The Hall–Kier alpha value is -3.33. The van der Waals surface area contributed by atoms with E-state index in [1.807, 2.05) is 0 Å². The van der Waals surface area contributed by atoms with Crippen molar-refractivity contribution in [3.05, 3.63) is 69.5 Å². The van der Waals surface area contributed by atoms with Crippen molar-refractivity contribution in [1.29, 1.82) is 0 Å². The summed E-state index contributed by atoms with van der Waals surface area (Å²) in [7, 11) is 0. The fraction of sp³-hybridized carbons (Fsp3) is 0.176. The number of nitrogens with zero attached hydrogens (tertiary/aromatic N) is 2. The molecule has 0 saturated heterocycles. The lowest BCUT2D eigenvalue weighted by Gasteiger charge is -2.18. The molecule has 0 spiro atoms. The van der Waals surface area contributed by atoms with Crippen molar-refractivity contribution in [3.63, 3.8) is 0 Å². The van der Waals surface area contributed by atoms with E-state index in [2.05, 4.69) is 0 Å². The molecule has 26 heavy (non-hydrogen) atoms. The Kier molecular flexibility index (Phi) is 4.63. The molecule has 1 heterocycles. The van der Waals surface area contributed by atoms with Gasteiger partial charge in [-0.3, -0.25) is 24.6 Å². The van der Waals surface area contributed by atoms with Crippen LogP contribution in [0.3, 0.4) is 0 Å². The number of fused-ring (bicyclic) bond motifs is 1. The summed E-state index contributed by atoms with van der Waals surface area (Å²) in [6.07, 6.45) is -1.22. The first-order valence-corrected chi connectivity index (χ1v) is 7.58. The minimum Gasteiger partial charge on any atom is -0.491 e. The molecule has 8 nitrogen and oxygen atoms in total. The Morgan fingerprint density at radius 2 is 1.85 bits per heavy atom. The van der Waals surface area contributed by atoms with Crippen LogP contribution in [-0.4, -0.2) is 46.0 Å². The number of halogens is 1. The lowest BCUT2D eigenvalue weighted by Crippen LogP contribution is -2.39. The number of β-amino-alcohol motifs (C(OH)–C–C–N with tert-alkyl or cyclic N) is 1. The Labute approximate surface area is 146 Å². The number of benzene rings is 2. The summed E-state index contributed by atoms with van der Waals surface area (Å²) in [4.78, 5) is 35.8. The maximum Gasteiger partial charge on any atom is 0.282 e. The van der Waals surface area contributed by atoms with E-state index in [4.69, 9.17) is 4.74 Å². The predicted molar refractivity (Wildman–Crippen MR) is 86.4 cm³/mol. The molecule has 2 aromatic rings. The zero-order chi connectivity index (χ0) is 18.8. The highest BCUT2D eigenvalue weighted by atomic mass is 19.1. The fourth-order valence-corrected chi connectivity index (χ4v) is 2.62. The number of aliphatic hydroxyl groups is 1. The maximum absolute atomic E-state index is 12.8. The molecular weight excluding hydrogens is 347 g/mol. The maximum atomic E-state index is 12.8. The molecule has 0 saturated carbocycles. The van der Waals surface area contributed by atoms with Crippen LogP contribution in [-0.2, 0) is 0 Å². The second-order valence-electron chi connectivity index (χ2n) is 5.60. The van der Waals surface area contributed by atoms with Gasteiger partial charge in [0.2, 0.25) is 0 Å². The zero-order valence-electron chi connectivity index (χ0n) is 13.3. The smallest absolute Gasteiger partial charge is 0.282 e. The lowest BCUT2D eigenvalue weighted by atomic mass is 10.1. The van der Waals surface area contributed by atoms with Gasteiger partial charge in [0.25, 0.3) is 17.5 Å². The molecular formula is C17H13FN2O6. The van der Waals surface area contributed by atoms with Crippen molar-refractivity contribution in [2.24, 2.45) is 0 Å². The van der Waals surface area contributed by atoms with Crippen LogP contribution >= 0.6 is 0 Å². The van der Waals surface area contributed by atoms with E-state index in [9.17, 15) is 29.2 Å². The molecule has 1 aliphatic heterocycles. The van der Waals surface area contributed by atoms with Crippen molar-refractivity contribution in [3.8, 4) is 5.75 Å². The van der Waals surface area contributed by atoms with Gasteiger partial charge in [0.1, 0.15) is 29.8 Å². The van der Waals surface area contributed by atoms with Gasteiger partial charge in [-0.15, -0.1) is 0 Å². The largest absolute Gasteiger partial charge is 0.491 e. The van der Waals surface area contributed by atoms with Gasteiger partial charge < -0.3 is 9.84 Å². The summed E-state index contributed by atoms with van der Waals surface area (Å²) in [5, 5.41) is 21.1. The summed E-state index contributed by atoms with van der Waals surface area (Å²) >= 11 is 0. The highest BCUT2D eigenvalue weighted by molar-refractivity contribution is 6.23. The number of imide groups is 1. The Morgan fingerprint density at radius 3 is 2.50 bits per heavy atom. The molecule has 0 radical (unpaired) electrons. The van der Waals surface area contributed by atoms with E-state index in [1.165, 1.54) is 36.4 Å². The molecule has 0 aromatic heterocycles. The number of amides is 2. The van der Waals surface area contributed by atoms with Crippen LogP contribution in [0.25, 0.3) is 0 Å². The third-order valence-electron chi connectivity index (χ3n) is 3.82. The predicted octanol–water partition coefficient (Wildman–Crippen LogP) is 1.77. The highest BCUT2D eigenvalue weighted by Gasteiger charge is 2.41. The van der Waals surface area contributed by atoms with Crippen molar-refractivity contribution >= 4 is 17.5 Å². The minimum atomic E-state index is -1.22. The minimum absolute atomic E-state index is 0.0733. The van der Waals surface area contributed by atoms with Crippen molar-refractivity contribution in [1.82, 2.24) is 4.90 Å². The van der Waals surface area contributed by atoms with Gasteiger partial charge in [-0.05, 0) is 30.3 Å². The molecule has 1 atom stereocenters. The molecule has 134 valence electrons. The van der Waals surface area contributed by atoms with Gasteiger partial charge in [0.15, 0.2) is 0 Å². The van der Waals surface area contributed by atoms with Crippen LogP contribution in [0.4, 0.5) is 10.1 Å². The zero-order valence-corrected chi connectivity index (χ0v) is 13.3. The van der Waals surface area contributed by atoms with E-state index in [-0.39, 0.29) is 24.3 Å². The molecule has 0 unspecified atom stereocenters. The highest BCUT2D eigenvalue weighted by Crippen LogP contribution is 2.30. The summed E-state index contributed by atoms with van der Waals surface area (Å²) < 4.78 is 18.1. The van der Waals surface area contributed by atoms with Gasteiger partial charge in [-0.2, -0.15) is 0 Å². The third kappa shape index (κ3) is 3.24. The number of rotatable bonds is 6. The van der Waals surface area contributed by atoms with Crippen molar-refractivity contribution < 1.29 is 28.7 Å². The van der Waals surface area contributed by atoms with E-state index >= 15 is 0 Å². The first kappa shape index (κ1) is 17.5. The number of nitro groups is 1. The number of aliphatic hydroxyl groups excluding tert-OH is 1. The molecule has 3 rings (SSSR count). The third-order valence-corrected chi connectivity index (χ3v) is 3.82. The van der Waals surface area contributed by atoms with Gasteiger partial charge >= 0.3 is 0 Å². The Morgan fingerprint density at radius 1 is 1.15 bits per heavy atom. The topological polar surface area (TPSA) is 110 Å². The SMILES string of the molecule is O=C1c2cccc([N+](=O)[O-])c2C(=O)N1C[C@@H](O)COc1ccc(F)cc1. The Bertz CT molecular complexity index is 883. The molecule has 1 N–H and O–H groups in total. The second kappa shape index (κ2) is 6.89. The summed E-state index contributed by atoms with van der Waals surface area (Å²) in [5.41, 5.74) is -0.814. The normalized spacial score (nSPS) is 14.3. The van der Waals surface area contributed by atoms with Crippen LogP contribution in [0.2, 0.25) is 0 Å². The number of hydrogen-bond acceptors (Lipinski definition) is 6. The van der Waals surface area contributed by atoms with Crippen LogP contribution < -0.4 is 4.74 Å². The second-order valence-corrected chi connectivity index (χ2v) is 5.60. The van der Waals surface area contributed by atoms with E-state index in [0.29, 0.717) is 5.75 Å². The average Bonchev–Trinajstić information content (AvgIpc) is 2.86. The summed E-state index contributed by atoms with van der Waals surface area (Å²) in [6, 6.07) is 8.89. The van der Waals surface area contributed by atoms with E-state index < -0.39 is 34.3 Å². The van der Waals surface area contributed by atoms with Gasteiger partial charge in [0.05, 0.1) is 17.0 Å². The Balaban J connectivity index is 1.69. The van der Waals surface area contributed by atoms with Gasteiger partial charge in [0, 0.05) is 6.07 Å². The molecule has 2 amide bonds. The molecule has 2 aromatic carbocycles. The molecule has 0 aliphatic carbocycles.